The van der Waals surface area contributed by atoms with Crippen molar-refractivity contribution in [3.8, 4) is 0 Å². The van der Waals surface area contributed by atoms with Gasteiger partial charge in [-0.05, 0) is 42.5 Å². The number of rotatable bonds is 5. The van der Waals surface area contributed by atoms with Crippen LogP contribution in [-0.2, 0) is 13.0 Å². The van der Waals surface area contributed by atoms with Gasteiger partial charge in [-0.25, -0.2) is 4.98 Å². The predicted octanol–water partition coefficient (Wildman–Crippen LogP) is 4.09. The van der Waals surface area contributed by atoms with Gasteiger partial charge in [-0.15, -0.1) is 11.3 Å². The molecule has 1 unspecified atom stereocenters. The molecule has 0 bridgehead atoms. The van der Waals surface area contributed by atoms with Gasteiger partial charge in [0.05, 0.1) is 17.1 Å². The molecule has 0 aliphatic carbocycles. The maximum Gasteiger partial charge on any atom is 0.112 e. The number of aliphatic hydroxyl groups excluding tert-OH is 1. The lowest BCUT2D eigenvalue weighted by Crippen LogP contribution is -2.09. The monoisotopic (exact) mass is 300 g/mol. The zero-order valence-electron chi connectivity index (χ0n) is 12.4. The maximum absolute atomic E-state index is 10.5. The van der Waals surface area contributed by atoms with Crippen LogP contribution in [0.15, 0.2) is 35.7 Å². The van der Waals surface area contributed by atoms with Crippen LogP contribution >= 0.6 is 11.3 Å². The number of hydrogen-bond acceptors (Lipinski definition) is 3. The number of nitrogens with zero attached hydrogens (tertiary/aromatic N) is 2. The summed E-state index contributed by atoms with van der Waals surface area (Å²) in [5.74, 6) is 0.971. The molecule has 0 saturated heterocycles. The van der Waals surface area contributed by atoms with Gasteiger partial charge in [0.25, 0.3) is 0 Å². The third-order valence-corrected chi connectivity index (χ3v) is 4.88. The van der Waals surface area contributed by atoms with Crippen molar-refractivity contribution in [1.82, 2.24) is 9.55 Å². The normalized spacial score (nSPS) is 12.9. The zero-order chi connectivity index (χ0) is 14.8. The number of aryl methyl sites for hydroxylation is 2. The number of aromatic nitrogens is 2. The molecule has 0 spiro atoms. The van der Waals surface area contributed by atoms with E-state index in [0.29, 0.717) is 6.42 Å². The lowest BCUT2D eigenvalue weighted by atomic mass is 10.1. The van der Waals surface area contributed by atoms with Gasteiger partial charge >= 0.3 is 0 Å². The van der Waals surface area contributed by atoms with Crippen LogP contribution in [0.3, 0.4) is 0 Å². The van der Waals surface area contributed by atoms with Gasteiger partial charge in [0.2, 0.25) is 0 Å². The highest BCUT2D eigenvalue weighted by molar-refractivity contribution is 7.10. The van der Waals surface area contributed by atoms with Crippen LogP contribution in [0.2, 0.25) is 0 Å². The molecule has 1 aromatic carbocycles. The van der Waals surface area contributed by atoms with Crippen molar-refractivity contribution in [1.29, 1.82) is 0 Å². The van der Waals surface area contributed by atoms with E-state index >= 15 is 0 Å². The minimum Gasteiger partial charge on any atom is -0.387 e. The second kappa shape index (κ2) is 6.00. The van der Waals surface area contributed by atoms with Crippen molar-refractivity contribution in [3.05, 3.63) is 52.0 Å². The summed E-state index contributed by atoms with van der Waals surface area (Å²) in [6, 6.07) is 10.2. The van der Waals surface area contributed by atoms with Crippen LogP contribution in [-0.4, -0.2) is 14.7 Å². The Hall–Kier alpha value is -1.65. The molecule has 2 heterocycles. The molecule has 1 N–H and O–H groups in total. The summed E-state index contributed by atoms with van der Waals surface area (Å²) < 4.78 is 2.24. The Morgan fingerprint density at radius 3 is 2.81 bits per heavy atom. The highest BCUT2D eigenvalue weighted by Gasteiger charge is 2.17. The zero-order valence-corrected chi connectivity index (χ0v) is 13.2. The lowest BCUT2D eigenvalue weighted by Gasteiger charge is -2.12. The van der Waals surface area contributed by atoms with E-state index in [0.717, 1.165) is 40.3 Å². The first-order valence-electron chi connectivity index (χ1n) is 7.37. The lowest BCUT2D eigenvalue weighted by molar-refractivity contribution is 0.178. The van der Waals surface area contributed by atoms with Gasteiger partial charge < -0.3 is 9.67 Å². The summed E-state index contributed by atoms with van der Waals surface area (Å²) in [7, 11) is 0. The standard InChI is InChI=1S/C17H20N2OS/c1-3-9-19-14-7-5-4-6-13(14)18-16(19)11-15(20)17-12(2)8-10-21-17/h4-8,10,15,20H,3,9,11H2,1-2H3. The summed E-state index contributed by atoms with van der Waals surface area (Å²) in [4.78, 5) is 5.76. The average Bonchev–Trinajstić information content (AvgIpc) is 3.04. The first-order chi connectivity index (χ1) is 10.2. The van der Waals surface area contributed by atoms with Gasteiger partial charge in [-0.2, -0.15) is 0 Å². The Balaban J connectivity index is 1.96. The highest BCUT2D eigenvalue weighted by atomic mass is 32.1. The minimum atomic E-state index is -0.475. The molecule has 21 heavy (non-hydrogen) atoms. The molecule has 0 radical (unpaired) electrons. The molecule has 110 valence electrons. The molecule has 0 aliphatic heterocycles. The average molecular weight is 300 g/mol. The molecular formula is C17H20N2OS. The molecule has 0 aliphatic rings. The van der Waals surface area contributed by atoms with E-state index in [9.17, 15) is 5.11 Å². The summed E-state index contributed by atoms with van der Waals surface area (Å²) in [6.07, 6.45) is 1.15. The first kappa shape index (κ1) is 14.3. The van der Waals surface area contributed by atoms with Gasteiger partial charge in [-0.3, -0.25) is 0 Å². The third-order valence-electron chi connectivity index (χ3n) is 3.76. The van der Waals surface area contributed by atoms with Crippen molar-refractivity contribution >= 4 is 22.4 Å². The topological polar surface area (TPSA) is 38.0 Å². The molecular weight excluding hydrogens is 280 g/mol. The van der Waals surface area contributed by atoms with Crippen LogP contribution in [0.1, 0.15) is 35.7 Å². The first-order valence-corrected chi connectivity index (χ1v) is 8.25. The summed E-state index contributed by atoms with van der Waals surface area (Å²) in [5, 5.41) is 12.5. The van der Waals surface area contributed by atoms with Gasteiger partial charge in [0.15, 0.2) is 0 Å². The maximum atomic E-state index is 10.5. The molecule has 3 aromatic rings. The van der Waals surface area contributed by atoms with Crippen LogP contribution in [0.4, 0.5) is 0 Å². The van der Waals surface area contributed by atoms with Crippen molar-refractivity contribution in [2.75, 3.05) is 0 Å². The Morgan fingerprint density at radius 2 is 2.10 bits per heavy atom. The van der Waals surface area contributed by atoms with Crippen LogP contribution < -0.4 is 0 Å². The molecule has 3 rings (SSSR count). The fourth-order valence-electron chi connectivity index (χ4n) is 2.75. The predicted molar refractivity (Wildman–Crippen MR) is 87.7 cm³/mol. The van der Waals surface area contributed by atoms with E-state index in [1.807, 2.05) is 30.5 Å². The second-order valence-electron chi connectivity index (χ2n) is 5.36. The number of fused-ring (bicyclic) bond motifs is 1. The van der Waals surface area contributed by atoms with Crippen molar-refractivity contribution in [3.63, 3.8) is 0 Å². The Morgan fingerprint density at radius 1 is 1.29 bits per heavy atom. The van der Waals surface area contributed by atoms with E-state index in [1.54, 1.807) is 11.3 Å². The van der Waals surface area contributed by atoms with E-state index in [2.05, 4.69) is 23.6 Å². The van der Waals surface area contributed by atoms with Crippen LogP contribution in [0.25, 0.3) is 11.0 Å². The van der Waals surface area contributed by atoms with Crippen LogP contribution in [0.5, 0.6) is 0 Å². The number of thiophene rings is 1. The fourth-order valence-corrected chi connectivity index (χ4v) is 3.66. The Kier molecular flexibility index (Phi) is 4.08. The number of imidazole rings is 1. The second-order valence-corrected chi connectivity index (χ2v) is 6.30. The number of aliphatic hydroxyl groups is 1. The summed E-state index contributed by atoms with van der Waals surface area (Å²) in [6.45, 7) is 5.15. The van der Waals surface area contributed by atoms with Crippen molar-refractivity contribution in [2.45, 2.75) is 39.3 Å². The number of para-hydroxylation sites is 2. The molecule has 4 heteroatoms. The number of hydrogen-bond donors (Lipinski definition) is 1. The highest BCUT2D eigenvalue weighted by Crippen LogP contribution is 2.27. The Bertz CT molecular complexity index is 744. The van der Waals surface area contributed by atoms with E-state index in [1.165, 1.54) is 0 Å². The van der Waals surface area contributed by atoms with Crippen molar-refractivity contribution in [2.24, 2.45) is 0 Å². The molecule has 0 fully saturated rings. The van der Waals surface area contributed by atoms with Gasteiger partial charge in [0.1, 0.15) is 5.82 Å². The SMILES string of the molecule is CCCn1c(CC(O)c2sccc2C)nc2ccccc21. The Labute approximate surface area is 128 Å². The molecule has 3 nitrogen and oxygen atoms in total. The minimum absolute atomic E-state index is 0.475. The summed E-state index contributed by atoms with van der Waals surface area (Å²) in [5.41, 5.74) is 3.33. The van der Waals surface area contributed by atoms with E-state index < -0.39 is 6.10 Å². The number of benzene rings is 1. The largest absolute Gasteiger partial charge is 0.387 e. The molecule has 0 amide bonds. The molecule has 1 atom stereocenters. The van der Waals surface area contributed by atoms with E-state index in [4.69, 9.17) is 4.98 Å². The van der Waals surface area contributed by atoms with Gasteiger partial charge in [0, 0.05) is 17.8 Å². The smallest absolute Gasteiger partial charge is 0.112 e. The fraction of sp³-hybridized carbons (Fsp3) is 0.353. The molecule has 0 saturated carbocycles. The third kappa shape index (κ3) is 2.74. The molecule has 2 aromatic heterocycles. The summed E-state index contributed by atoms with van der Waals surface area (Å²) >= 11 is 1.62. The van der Waals surface area contributed by atoms with E-state index in [-0.39, 0.29) is 0 Å². The van der Waals surface area contributed by atoms with Gasteiger partial charge in [-0.1, -0.05) is 19.1 Å². The quantitative estimate of drug-likeness (QED) is 0.770. The van der Waals surface area contributed by atoms with Crippen LogP contribution in [0, 0.1) is 6.92 Å². The van der Waals surface area contributed by atoms with Crippen molar-refractivity contribution < 1.29 is 5.11 Å².